The van der Waals surface area contributed by atoms with Crippen LogP contribution >= 0.6 is 0 Å². The summed E-state index contributed by atoms with van der Waals surface area (Å²) >= 11 is 0. The standard InChI is InChI=1S/C28H37NO4/c1-17-12-13-24(31)28-22(11-7-10-21(14-17)16-30)26(32)19(3)18(2)25(28)23(29-27(28)33)15-20-8-5-4-6-9-20/h4-9,11-13,17-18,21-26,30-32H,3,10,14-16H2,1-2H3,(H,29,33). The molecule has 1 aliphatic heterocycles. The summed E-state index contributed by atoms with van der Waals surface area (Å²) in [5.41, 5.74) is 0.639. The van der Waals surface area contributed by atoms with Crippen molar-refractivity contribution < 1.29 is 20.1 Å². The van der Waals surface area contributed by atoms with Crippen LogP contribution in [0.2, 0.25) is 0 Å². The zero-order valence-electron chi connectivity index (χ0n) is 19.6. The summed E-state index contributed by atoms with van der Waals surface area (Å²) in [5.74, 6) is -0.923. The van der Waals surface area contributed by atoms with Crippen molar-refractivity contribution in [3.63, 3.8) is 0 Å². The molecule has 0 bridgehead atoms. The third-order valence-corrected chi connectivity index (χ3v) is 8.28. The Bertz CT molecular complexity index is 925. The lowest BCUT2D eigenvalue weighted by Gasteiger charge is -2.51. The van der Waals surface area contributed by atoms with Crippen molar-refractivity contribution >= 4 is 5.91 Å². The number of allylic oxidation sites excluding steroid dienone is 2. The molecular formula is C28H37NO4. The van der Waals surface area contributed by atoms with Gasteiger partial charge in [0.25, 0.3) is 0 Å². The SMILES string of the molecule is C=C1C(C)C2C(Cc3ccccc3)NC(=O)C23C(O)C=CC(C)CC(CO)CC=CC3C1O. The van der Waals surface area contributed by atoms with Gasteiger partial charge in [-0.1, -0.05) is 75.1 Å². The fraction of sp³-hybridized carbons (Fsp3) is 0.536. The molecule has 2 fully saturated rings. The molecule has 4 rings (SSSR count). The van der Waals surface area contributed by atoms with Gasteiger partial charge in [0.2, 0.25) is 5.91 Å². The van der Waals surface area contributed by atoms with Gasteiger partial charge in [-0.25, -0.2) is 0 Å². The zero-order valence-corrected chi connectivity index (χ0v) is 19.6. The normalized spacial score (nSPS) is 41.1. The van der Waals surface area contributed by atoms with E-state index in [2.05, 4.69) is 31.0 Å². The van der Waals surface area contributed by atoms with Crippen molar-refractivity contribution in [1.29, 1.82) is 0 Å². The van der Waals surface area contributed by atoms with E-state index in [-0.39, 0.29) is 42.2 Å². The number of carbonyl (C=O) groups excluding carboxylic acids is 1. The lowest BCUT2D eigenvalue weighted by atomic mass is 9.51. The van der Waals surface area contributed by atoms with Crippen LogP contribution < -0.4 is 5.32 Å². The first-order valence-corrected chi connectivity index (χ1v) is 12.2. The highest BCUT2D eigenvalue weighted by molar-refractivity contribution is 5.88. The highest BCUT2D eigenvalue weighted by atomic mass is 16.3. The topological polar surface area (TPSA) is 89.8 Å². The van der Waals surface area contributed by atoms with Crippen molar-refractivity contribution in [1.82, 2.24) is 5.32 Å². The first-order valence-electron chi connectivity index (χ1n) is 12.2. The Morgan fingerprint density at radius 1 is 1.12 bits per heavy atom. The van der Waals surface area contributed by atoms with Gasteiger partial charge < -0.3 is 20.6 Å². The Hall–Kier alpha value is -2.21. The monoisotopic (exact) mass is 451 g/mol. The number of hydrogen-bond donors (Lipinski definition) is 4. The number of hydrogen-bond acceptors (Lipinski definition) is 4. The molecule has 9 unspecified atom stereocenters. The van der Waals surface area contributed by atoms with Crippen LogP contribution in [0, 0.1) is 35.0 Å². The molecule has 5 nitrogen and oxygen atoms in total. The van der Waals surface area contributed by atoms with Crippen LogP contribution in [0.15, 0.2) is 66.8 Å². The Morgan fingerprint density at radius 3 is 2.55 bits per heavy atom. The van der Waals surface area contributed by atoms with Gasteiger partial charge >= 0.3 is 0 Å². The molecule has 1 heterocycles. The number of amides is 1. The fourth-order valence-corrected chi connectivity index (χ4v) is 6.56. The third kappa shape index (κ3) is 4.11. The molecule has 178 valence electrons. The Morgan fingerprint density at radius 2 is 1.85 bits per heavy atom. The smallest absolute Gasteiger partial charge is 0.230 e. The molecule has 0 aromatic heterocycles. The van der Waals surface area contributed by atoms with Crippen LogP contribution in [0.5, 0.6) is 0 Å². The number of aliphatic hydroxyl groups is 3. The molecule has 1 spiro atoms. The molecule has 1 saturated carbocycles. The third-order valence-electron chi connectivity index (χ3n) is 8.28. The molecule has 1 saturated heterocycles. The van der Waals surface area contributed by atoms with Gasteiger partial charge in [0, 0.05) is 24.5 Å². The number of benzene rings is 1. The van der Waals surface area contributed by atoms with E-state index in [9.17, 15) is 20.1 Å². The van der Waals surface area contributed by atoms with Gasteiger partial charge in [-0.3, -0.25) is 4.79 Å². The van der Waals surface area contributed by atoms with Gasteiger partial charge in [-0.15, -0.1) is 0 Å². The maximum Gasteiger partial charge on any atom is 0.230 e. The summed E-state index contributed by atoms with van der Waals surface area (Å²) < 4.78 is 0. The lowest BCUT2D eigenvalue weighted by molar-refractivity contribution is -0.147. The molecule has 1 aromatic carbocycles. The van der Waals surface area contributed by atoms with E-state index in [1.54, 1.807) is 6.08 Å². The molecule has 9 atom stereocenters. The van der Waals surface area contributed by atoms with Crippen molar-refractivity contribution in [2.75, 3.05) is 6.61 Å². The number of aliphatic hydroxyl groups excluding tert-OH is 3. The highest BCUT2D eigenvalue weighted by Gasteiger charge is 2.67. The van der Waals surface area contributed by atoms with E-state index in [1.165, 1.54) is 0 Å². The van der Waals surface area contributed by atoms with E-state index in [0.29, 0.717) is 18.4 Å². The fourth-order valence-electron chi connectivity index (χ4n) is 6.56. The second kappa shape index (κ2) is 9.57. The predicted octanol–water partition coefficient (Wildman–Crippen LogP) is 3.02. The number of rotatable bonds is 3. The van der Waals surface area contributed by atoms with Gasteiger partial charge in [0.15, 0.2) is 0 Å². The minimum Gasteiger partial charge on any atom is -0.396 e. The Kier molecular flexibility index (Phi) is 6.94. The summed E-state index contributed by atoms with van der Waals surface area (Å²) in [6, 6.07) is 9.88. The second-order valence-corrected chi connectivity index (χ2v) is 10.3. The van der Waals surface area contributed by atoms with Crippen LogP contribution in [-0.4, -0.2) is 46.1 Å². The van der Waals surface area contributed by atoms with Crippen LogP contribution in [0.1, 0.15) is 32.3 Å². The average molecular weight is 452 g/mol. The predicted molar refractivity (Wildman–Crippen MR) is 129 cm³/mol. The Labute approximate surface area is 196 Å². The molecule has 0 radical (unpaired) electrons. The summed E-state index contributed by atoms with van der Waals surface area (Å²) in [4.78, 5) is 13.8. The Balaban J connectivity index is 1.82. The first kappa shape index (κ1) is 23.9. The van der Waals surface area contributed by atoms with Gasteiger partial charge in [0.1, 0.15) is 0 Å². The number of carbonyl (C=O) groups is 1. The van der Waals surface area contributed by atoms with Crippen molar-refractivity contribution in [2.24, 2.45) is 35.0 Å². The van der Waals surface area contributed by atoms with E-state index >= 15 is 0 Å². The van der Waals surface area contributed by atoms with Gasteiger partial charge in [0.05, 0.1) is 17.6 Å². The van der Waals surface area contributed by atoms with E-state index < -0.39 is 23.5 Å². The minimum atomic E-state index is -1.19. The highest BCUT2D eigenvalue weighted by Crippen LogP contribution is 2.57. The quantitative estimate of drug-likeness (QED) is 0.532. The molecule has 33 heavy (non-hydrogen) atoms. The zero-order chi connectivity index (χ0) is 23.8. The van der Waals surface area contributed by atoms with E-state index in [1.807, 2.05) is 43.4 Å². The van der Waals surface area contributed by atoms with E-state index in [4.69, 9.17) is 0 Å². The largest absolute Gasteiger partial charge is 0.396 e. The molecule has 1 aromatic rings. The summed E-state index contributed by atoms with van der Waals surface area (Å²) in [6.45, 7) is 8.37. The summed E-state index contributed by atoms with van der Waals surface area (Å²) in [6.07, 6.45) is 7.71. The van der Waals surface area contributed by atoms with Crippen LogP contribution in [0.4, 0.5) is 0 Å². The maximum atomic E-state index is 13.8. The second-order valence-electron chi connectivity index (χ2n) is 10.3. The van der Waals surface area contributed by atoms with Crippen molar-refractivity contribution in [2.45, 2.75) is 51.4 Å². The molecule has 4 N–H and O–H groups in total. The molecule has 1 amide bonds. The summed E-state index contributed by atoms with van der Waals surface area (Å²) in [7, 11) is 0. The van der Waals surface area contributed by atoms with Crippen LogP contribution in [0.25, 0.3) is 0 Å². The van der Waals surface area contributed by atoms with E-state index in [0.717, 1.165) is 12.0 Å². The first-order chi connectivity index (χ1) is 15.8. The van der Waals surface area contributed by atoms with Crippen molar-refractivity contribution in [3.8, 4) is 0 Å². The molecular weight excluding hydrogens is 414 g/mol. The average Bonchev–Trinajstić information content (AvgIpc) is 3.08. The number of nitrogens with one attached hydrogen (secondary N) is 1. The van der Waals surface area contributed by atoms with Crippen molar-refractivity contribution in [3.05, 3.63) is 72.4 Å². The minimum absolute atomic E-state index is 0.0788. The molecule has 5 heteroatoms. The van der Waals surface area contributed by atoms with Gasteiger partial charge in [-0.05, 0) is 48.2 Å². The molecule has 2 aliphatic carbocycles. The van der Waals surface area contributed by atoms with Gasteiger partial charge in [-0.2, -0.15) is 0 Å². The van der Waals surface area contributed by atoms with Crippen LogP contribution in [0.3, 0.4) is 0 Å². The lowest BCUT2D eigenvalue weighted by Crippen LogP contribution is -2.59. The maximum absolute atomic E-state index is 13.8. The van der Waals surface area contributed by atoms with Crippen LogP contribution in [-0.2, 0) is 11.2 Å². The summed E-state index contributed by atoms with van der Waals surface area (Å²) in [5, 5.41) is 35.9. The molecule has 3 aliphatic rings.